The molecule has 2 amide bonds. The fraction of sp³-hybridized carbons (Fsp3) is 0.583. The van der Waals surface area contributed by atoms with E-state index >= 15 is 0 Å². The number of fused-ring (bicyclic) bond motifs is 1. The first kappa shape index (κ1) is 22.5. The van der Waals surface area contributed by atoms with E-state index in [0.29, 0.717) is 25.7 Å². The summed E-state index contributed by atoms with van der Waals surface area (Å²) in [5, 5.41) is 13.2. The van der Waals surface area contributed by atoms with Gasteiger partial charge in [-0.1, -0.05) is 32.4 Å². The number of halogens is 1. The summed E-state index contributed by atoms with van der Waals surface area (Å²) >= 11 is 0. The molecule has 4 atom stereocenters. The minimum Gasteiger partial charge on any atom is -0.391 e. The molecule has 1 aliphatic heterocycles. The molecule has 1 heterocycles. The Labute approximate surface area is 178 Å². The number of amides is 2. The standard InChI is InChI=1S/C24H33FN2O3/c1-5-14(3)23(29)26-22(6-2)24(30)27-13-19(28)11-18(27)12-21-15(4)9-16-10-17(25)7-8-20(16)21/h7-8,10,14,18-19,22,28H,5-6,9,11-13H2,1-4H3,(H,26,29)/t14-,18+,19+,22+/m1/s1. The number of aliphatic hydroxyl groups excluding tert-OH is 1. The van der Waals surface area contributed by atoms with Gasteiger partial charge in [-0.25, -0.2) is 4.39 Å². The smallest absolute Gasteiger partial charge is 0.245 e. The Morgan fingerprint density at radius 1 is 1.30 bits per heavy atom. The molecular formula is C24H33FN2O3. The maximum absolute atomic E-state index is 13.6. The van der Waals surface area contributed by atoms with Gasteiger partial charge in [0.05, 0.1) is 6.10 Å². The lowest BCUT2D eigenvalue weighted by molar-refractivity contribution is -0.138. The molecule has 2 aliphatic rings. The van der Waals surface area contributed by atoms with E-state index in [-0.39, 0.29) is 36.1 Å². The first-order chi connectivity index (χ1) is 14.2. The average molecular weight is 417 g/mol. The zero-order valence-electron chi connectivity index (χ0n) is 18.4. The van der Waals surface area contributed by atoms with E-state index in [4.69, 9.17) is 0 Å². The van der Waals surface area contributed by atoms with Crippen LogP contribution in [0.25, 0.3) is 5.57 Å². The van der Waals surface area contributed by atoms with Gasteiger partial charge in [-0.2, -0.15) is 0 Å². The number of rotatable bonds is 7. The third-order valence-corrected chi connectivity index (χ3v) is 6.56. The summed E-state index contributed by atoms with van der Waals surface area (Å²) in [6.07, 6.45) is 2.50. The van der Waals surface area contributed by atoms with Gasteiger partial charge < -0.3 is 15.3 Å². The van der Waals surface area contributed by atoms with Crippen molar-refractivity contribution in [2.45, 2.75) is 78.0 Å². The van der Waals surface area contributed by atoms with Crippen LogP contribution in [0.5, 0.6) is 0 Å². The van der Waals surface area contributed by atoms with Gasteiger partial charge in [0.2, 0.25) is 11.8 Å². The van der Waals surface area contributed by atoms with Crippen LogP contribution in [0.4, 0.5) is 4.39 Å². The summed E-state index contributed by atoms with van der Waals surface area (Å²) in [4.78, 5) is 27.3. The average Bonchev–Trinajstić information content (AvgIpc) is 3.23. The van der Waals surface area contributed by atoms with E-state index < -0.39 is 12.1 Å². The van der Waals surface area contributed by atoms with Crippen LogP contribution in [0, 0.1) is 11.7 Å². The summed E-state index contributed by atoms with van der Waals surface area (Å²) in [6.45, 7) is 8.01. The highest BCUT2D eigenvalue weighted by atomic mass is 19.1. The van der Waals surface area contributed by atoms with Crippen LogP contribution in [-0.2, 0) is 16.0 Å². The Balaban J connectivity index is 1.76. The number of hydrogen-bond acceptors (Lipinski definition) is 3. The fourth-order valence-corrected chi connectivity index (χ4v) is 4.54. The molecule has 3 rings (SSSR count). The number of aliphatic hydroxyl groups is 1. The first-order valence-electron chi connectivity index (χ1n) is 11.0. The normalized spacial score (nSPS) is 22.8. The highest BCUT2D eigenvalue weighted by molar-refractivity contribution is 5.89. The van der Waals surface area contributed by atoms with Crippen LogP contribution < -0.4 is 5.32 Å². The number of nitrogens with zero attached hydrogens (tertiary/aromatic N) is 1. The predicted octanol–water partition coefficient (Wildman–Crippen LogP) is 3.45. The van der Waals surface area contributed by atoms with E-state index in [1.165, 1.54) is 11.6 Å². The number of likely N-dealkylation sites (tertiary alicyclic amines) is 1. The largest absolute Gasteiger partial charge is 0.391 e. The highest BCUT2D eigenvalue weighted by Crippen LogP contribution is 2.38. The van der Waals surface area contributed by atoms with Crippen LogP contribution >= 0.6 is 0 Å². The Morgan fingerprint density at radius 2 is 2.03 bits per heavy atom. The summed E-state index contributed by atoms with van der Waals surface area (Å²) in [5.41, 5.74) is 4.34. The van der Waals surface area contributed by atoms with Gasteiger partial charge in [-0.3, -0.25) is 9.59 Å². The van der Waals surface area contributed by atoms with Gasteiger partial charge in [-0.15, -0.1) is 0 Å². The zero-order valence-corrected chi connectivity index (χ0v) is 18.4. The molecule has 1 aliphatic carbocycles. The number of hydrogen-bond donors (Lipinski definition) is 2. The van der Waals surface area contributed by atoms with E-state index in [2.05, 4.69) is 5.32 Å². The lowest BCUT2D eigenvalue weighted by Gasteiger charge is -2.30. The van der Waals surface area contributed by atoms with Crippen LogP contribution in [0.3, 0.4) is 0 Å². The van der Waals surface area contributed by atoms with Gasteiger partial charge in [0, 0.05) is 18.5 Å². The Kier molecular flexibility index (Phi) is 6.96. The van der Waals surface area contributed by atoms with Crippen molar-refractivity contribution in [1.82, 2.24) is 10.2 Å². The topological polar surface area (TPSA) is 69.6 Å². The first-order valence-corrected chi connectivity index (χ1v) is 11.0. The van der Waals surface area contributed by atoms with E-state index in [1.807, 2.05) is 33.8 Å². The minimum atomic E-state index is -0.584. The SMILES string of the molecule is CC[C@@H](C)C(=O)N[C@@H](CC)C(=O)N1C[C@@H](O)C[C@H]1CC1=C(C)Cc2cc(F)ccc21. The third-order valence-electron chi connectivity index (χ3n) is 6.56. The maximum Gasteiger partial charge on any atom is 0.245 e. The van der Waals surface area contributed by atoms with Crippen molar-refractivity contribution in [2.75, 3.05) is 6.54 Å². The summed E-state index contributed by atoms with van der Waals surface area (Å²) in [6, 6.07) is 4.15. The molecule has 0 bridgehead atoms. The molecule has 1 aromatic carbocycles. The summed E-state index contributed by atoms with van der Waals surface area (Å²) < 4.78 is 13.6. The second-order valence-electron chi connectivity index (χ2n) is 8.75. The molecule has 0 spiro atoms. The van der Waals surface area contributed by atoms with Crippen molar-refractivity contribution >= 4 is 17.4 Å². The summed E-state index contributed by atoms with van der Waals surface area (Å²) in [7, 11) is 0. The molecule has 2 N–H and O–H groups in total. The van der Waals surface area contributed by atoms with Crippen molar-refractivity contribution in [1.29, 1.82) is 0 Å². The van der Waals surface area contributed by atoms with Crippen LogP contribution in [0.2, 0.25) is 0 Å². The van der Waals surface area contributed by atoms with Crippen LogP contribution in [0.15, 0.2) is 23.8 Å². The predicted molar refractivity (Wildman–Crippen MR) is 115 cm³/mol. The van der Waals surface area contributed by atoms with Crippen molar-refractivity contribution in [3.8, 4) is 0 Å². The lowest BCUT2D eigenvalue weighted by atomic mass is 9.96. The van der Waals surface area contributed by atoms with Crippen molar-refractivity contribution in [3.05, 3.63) is 40.7 Å². The van der Waals surface area contributed by atoms with E-state index in [0.717, 1.165) is 23.1 Å². The summed E-state index contributed by atoms with van der Waals surface area (Å²) in [5.74, 6) is -0.626. The fourth-order valence-electron chi connectivity index (χ4n) is 4.54. The molecule has 5 nitrogen and oxygen atoms in total. The molecule has 0 aromatic heterocycles. The van der Waals surface area contributed by atoms with Crippen LogP contribution in [0.1, 0.15) is 64.5 Å². The quantitative estimate of drug-likeness (QED) is 0.715. The van der Waals surface area contributed by atoms with Gasteiger partial charge in [0.25, 0.3) is 0 Å². The monoisotopic (exact) mass is 416 g/mol. The van der Waals surface area contributed by atoms with Crippen molar-refractivity contribution < 1.29 is 19.1 Å². The Morgan fingerprint density at radius 3 is 2.70 bits per heavy atom. The highest BCUT2D eigenvalue weighted by Gasteiger charge is 2.38. The third kappa shape index (κ3) is 4.59. The van der Waals surface area contributed by atoms with E-state index in [1.54, 1.807) is 11.0 Å². The van der Waals surface area contributed by atoms with Gasteiger partial charge in [-0.05, 0) is 67.9 Å². The molecule has 1 aromatic rings. The van der Waals surface area contributed by atoms with Gasteiger partial charge in [0.1, 0.15) is 11.9 Å². The number of β-amino-alcohol motifs (C(OH)–C–C–N with tert-alkyl or cyclic N) is 1. The van der Waals surface area contributed by atoms with Crippen molar-refractivity contribution in [2.24, 2.45) is 5.92 Å². The minimum absolute atomic E-state index is 0.112. The molecule has 1 fully saturated rings. The maximum atomic E-state index is 13.6. The molecule has 164 valence electrons. The lowest BCUT2D eigenvalue weighted by Crippen LogP contribution is -2.51. The number of carbonyl (C=O) groups excluding carboxylic acids is 2. The molecule has 1 saturated heterocycles. The molecule has 0 radical (unpaired) electrons. The molecule has 0 unspecified atom stereocenters. The van der Waals surface area contributed by atoms with Crippen molar-refractivity contribution in [3.63, 3.8) is 0 Å². The Bertz CT molecular complexity index is 851. The second-order valence-corrected chi connectivity index (χ2v) is 8.75. The zero-order chi connectivity index (χ0) is 22.0. The molecule has 0 saturated carbocycles. The molecular weight excluding hydrogens is 383 g/mol. The number of carbonyl (C=O) groups is 2. The Hall–Kier alpha value is -2.21. The molecule has 30 heavy (non-hydrogen) atoms. The number of benzene rings is 1. The molecule has 6 heteroatoms. The van der Waals surface area contributed by atoms with Crippen LogP contribution in [-0.4, -0.2) is 46.6 Å². The van der Waals surface area contributed by atoms with Gasteiger partial charge >= 0.3 is 0 Å². The number of allylic oxidation sites excluding steroid dienone is 1. The number of nitrogens with one attached hydrogen (secondary N) is 1. The van der Waals surface area contributed by atoms with Gasteiger partial charge in [0.15, 0.2) is 0 Å². The van der Waals surface area contributed by atoms with E-state index in [9.17, 15) is 19.1 Å². The second kappa shape index (κ2) is 9.29.